The molecule has 0 saturated carbocycles. The summed E-state index contributed by atoms with van der Waals surface area (Å²) >= 11 is 0. The molecule has 0 spiro atoms. The average Bonchev–Trinajstić information content (AvgIpc) is 2.79. The second kappa shape index (κ2) is 9.34. The lowest BCUT2D eigenvalue weighted by Crippen LogP contribution is -2.18. The highest BCUT2D eigenvalue weighted by Gasteiger charge is 2.19. The predicted molar refractivity (Wildman–Crippen MR) is 115 cm³/mol. The zero-order chi connectivity index (χ0) is 23.3. The summed E-state index contributed by atoms with van der Waals surface area (Å²) in [6.45, 7) is 0. The van der Waals surface area contributed by atoms with E-state index in [1.54, 1.807) is 24.3 Å². The van der Waals surface area contributed by atoms with Crippen molar-refractivity contribution in [1.29, 1.82) is 0 Å². The number of rotatable bonds is 7. The van der Waals surface area contributed by atoms with E-state index in [4.69, 9.17) is 4.74 Å². The van der Waals surface area contributed by atoms with Crippen LogP contribution in [0.4, 0.5) is 22.7 Å². The SMILES string of the molecule is COc1ccc(NC(=O)c2ccc([N+](=O)[O-])cc2NC(=O)c2ccc([N+](=O)[O-])cc2)cc1. The maximum absolute atomic E-state index is 12.8. The quantitative estimate of drug-likeness (QED) is 0.419. The number of methoxy groups -OCH3 is 1. The lowest BCUT2D eigenvalue weighted by Gasteiger charge is -2.12. The average molecular weight is 436 g/mol. The third kappa shape index (κ3) is 5.02. The van der Waals surface area contributed by atoms with E-state index in [9.17, 15) is 29.8 Å². The summed E-state index contributed by atoms with van der Waals surface area (Å²) in [5.41, 5.74) is -0.109. The number of hydrogen-bond donors (Lipinski definition) is 2. The molecule has 0 saturated heterocycles. The van der Waals surface area contributed by atoms with Crippen LogP contribution >= 0.6 is 0 Å². The number of carbonyl (C=O) groups is 2. The van der Waals surface area contributed by atoms with Crippen LogP contribution in [0.1, 0.15) is 20.7 Å². The third-order valence-corrected chi connectivity index (χ3v) is 4.39. The van der Waals surface area contributed by atoms with Gasteiger partial charge in [-0.3, -0.25) is 29.8 Å². The molecule has 11 nitrogen and oxygen atoms in total. The first-order valence-corrected chi connectivity index (χ1v) is 9.08. The number of anilines is 2. The Morgan fingerprint density at radius 1 is 0.781 bits per heavy atom. The summed E-state index contributed by atoms with van der Waals surface area (Å²) in [6.07, 6.45) is 0. The van der Waals surface area contributed by atoms with Gasteiger partial charge in [0.25, 0.3) is 23.2 Å². The first kappa shape index (κ1) is 21.9. The van der Waals surface area contributed by atoms with E-state index >= 15 is 0 Å². The number of non-ortho nitro benzene ring substituents is 2. The molecule has 3 aromatic rings. The Morgan fingerprint density at radius 2 is 1.38 bits per heavy atom. The Bertz CT molecular complexity index is 1190. The summed E-state index contributed by atoms with van der Waals surface area (Å²) < 4.78 is 5.06. The molecule has 0 bridgehead atoms. The fourth-order valence-electron chi connectivity index (χ4n) is 2.75. The van der Waals surface area contributed by atoms with Gasteiger partial charge in [0, 0.05) is 35.5 Å². The monoisotopic (exact) mass is 436 g/mol. The van der Waals surface area contributed by atoms with E-state index in [0.717, 1.165) is 24.3 Å². The summed E-state index contributed by atoms with van der Waals surface area (Å²) in [5.74, 6) is -0.711. The lowest BCUT2D eigenvalue weighted by molar-refractivity contribution is -0.385. The van der Waals surface area contributed by atoms with E-state index in [2.05, 4.69) is 10.6 Å². The molecule has 0 aliphatic carbocycles. The number of nitrogens with one attached hydrogen (secondary N) is 2. The molecule has 11 heteroatoms. The van der Waals surface area contributed by atoms with Crippen molar-refractivity contribution in [3.05, 3.63) is 98.1 Å². The Labute approximate surface area is 180 Å². The van der Waals surface area contributed by atoms with Crippen LogP contribution in [-0.2, 0) is 0 Å². The smallest absolute Gasteiger partial charge is 0.271 e. The van der Waals surface area contributed by atoms with E-state index < -0.39 is 21.7 Å². The molecule has 0 fully saturated rings. The molecule has 0 radical (unpaired) electrons. The molecule has 2 amide bonds. The Hall–Kier alpha value is -4.80. The standard InChI is InChI=1S/C21H16N4O7/c1-32-17-9-4-14(5-10-17)22-21(27)18-11-8-16(25(30)31)12-19(18)23-20(26)13-2-6-15(7-3-13)24(28)29/h2-12H,1H3,(H,22,27)(H,23,26). The maximum Gasteiger partial charge on any atom is 0.271 e. The van der Waals surface area contributed by atoms with Gasteiger partial charge < -0.3 is 15.4 Å². The van der Waals surface area contributed by atoms with Crippen molar-refractivity contribution < 1.29 is 24.2 Å². The van der Waals surface area contributed by atoms with Gasteiger partial charge in [-0.15, -0.1) is 0 Å². The van der Waals surface area contributed by atoms with E-state index in [0.29, 0.717) is 11.4 Å². The van der Waals surface area contributed by atoms with Gasteiger partial charge in [-0.1, -0.05) is 0 Å². The van der Waals surface area contributed by atoms with Crippen LogP contribution in [0.3, 0.4) is 0 Å². The Kier molecular flexibility index (Phi) is 6.39. The zero-order valence-corrected chi connectivity index (χ0v) is 16.6. The van der Waals surface area contributed by atoms with E-state index in [1.165, 1.54) is 25.3 Å². The second-order valence-corrected chi connectivity index (χ2v) is 6.43. The Morgan fingerprint density at radius 3 is 1.94 bits per heavy atom. The highest BCUT2D eigenvalue weighted by atomic mass is 16.6. The normalized spacial score (nSPS) is 10.2. The number of benzene rings is 3. The van der Waals surface area contributed by atoms with Crippen LogP contribution in [0.5, 0.6) is 5.75 Å². The molecule has 0 unspecified atom stereocenters. The molecule has 3 aromatic carbocycles. The summed E-state index contributed by atoms with van der Waals surface area (Å²) in [4.78, 5) is 46.0. The number of ether oxygens (including phenoxy) is 1. The number of nitrogens with zero attached hydrogens (tertiary/aromatic N) is 2. The largest absolute Gasteiger partial charge is 0.497 e. The highest BCUT2D eigenvalue weighted by Crippen LogP contribution is 2.25. The van der Waals surface area contributed by atoms with Gasteiger partial charge in [-0.25, -0.2) is 0 Å². The van der Waals surface area contributed by atoms with Crippen molar-refractivity contribution in [3.8, 4) is 5.75 Å². The minimum Gasteiger partial charge on any atom is -0.497 e. The van der Waals surface area contributed by atoms with Crippen LogP contribution < -0.4 is 15.4 Å². The summed E-state index contributed by atoms with van der Waals surface area (Å²) in [7, 11) is 1.50. The molecule has 32 heavy (non-hydrogen) atoms. The van der Waals surface area contributed by atoms with Crippen molar-refractivity contribution >= 4 is 34.6 Å². The number of nitro groups is 2. The topological polar surface area (TPSA) is 154 Å². The van der Waals surface area contributed by atoms with Gasteiger partial charge in [-0.2, -0.15) is 0 Å². The van der Waals surface area contributed by atoms with Crippen molar-refractivity contribution in [2.45, 2.75) is 0 Å². The molecule has 0 aliphatic rings. The van der Waals surface area contributed by atoms with Crippen LogP contribution in [0.2, 0.25) is 0 Å². The molecule has 0 heterocycles. The maximum atomic E-state index is 12.8. The van der Waals surface area contributed by atoms with Crippen LogP contribution in [0.15, 0.2) is 66.7 Å². The number of carbonyl (C=O) groups excluding carboxylic acids is 2. The second-order valence-electron chi connectivity index (χ2n) is 6.43. The van der Waals surface area contributed by atoms with Crippen molar-refractivity contribution in [2.75, 3.05) is 17.7 Å². The number of nitro benzene ring substituents is 2. The third-order valence-electron chi connectivity index (χ3n) is 4.39. The fraction of sp³-hybridized carbons (Fsp3) is 0.0476. The van der Waals surface area contributed by atoms with Crippen molar-refractivity contribution in [1.82, 2.24) is 0 Å². The van der Waals surface area contributed by atoms with Gasteiger partial charge in [0.1, 0.15) is 5.75 Å². The number of hydrogen-bond acceptors (Lipinski definition) is 7. The Balaban J connectivity index is 1.88. The molecule has 0 aromatic heterocycles. The van der Waals surface area contributed by atoms with Gasteiger partial charge >= 0.3 is 0 Å². The molecule has 3 rings (SSSR count). The zero-order valence-electron chi connectivity index (χ0n) is 16.6. The van der Waals surface area contributed by atoms with Gasteiger partial charge in [0.15, 0.2) is 0 Å². The van der Waals surface area contributed by atoms with Gasteiger partial charge in [-0.05, 0) is 42.5 Å². The summed E-state index contributed by atoms with van der Waals surface area (Å²) in [6, 6.07) is 14.7. The van der Waals surface area contributed by atoms with Crippen molar-refractivity contribution in [2.24, 2.45) is 0 Å². The predicted octanol–water partition coefficient (Wildman–Crippen LogP) is 4.02. The minimum atomic E-state index is -0.695. The molecular weight excluding hydrogens is 420 g/mol. The highest BCUT2D eigenvalue weighted by molar-refractivity contribution is 6.12. The summed E-state index contributed by atoms with van der Waals surface area (Å²) in [5, 5.41) is 27.0. The first-order valence-electron chi connectivity index (χ1n) is 9.08. The fourth-order valence-corrected chi connectivity index (χ4v) is 2.75. The molecule has 162 valence electrons. The van der Waals surface area contributed by atoms with Crippen LogP contribution in [0, 0.1) is 20.2 Å². The van der Waals surface area contributed by atoms with Crippen molar-refractivity contribution in [3.63, 3.8) is 0 Å². The van der Waals surface area contributed by atoms with Gasteiger partial charge in [0.05, 0.1) is 28.2 Å². The van der Waals surface area contributed by atoms with Crippen LogP contribution in [-0.4, -0.2) is 28.8 Å². The van der Waals surface area contributed by atoms with E-state index in [1.807, 2.05) is 0 Å². The van der Waals surface area contributed by atoms with Crippen LogP contribution in [0.25, 0.3) is 0 Å². The first-order chi connectivity index (χ1) is 15.3. The van der Waals surface area contributed by atoms with Gasteiger partial charge in [0.2, 0.25) is 0 Å². The molecule has 0 atom stereocenters. The lowest BCUT2D eigenvalue weighted by atomic mass is 10.1. The minimum absolute atomic E-state index is 0.0123. The molecular formula is C21H16N4O7. The molecule has 0 aliphatic heterocycles. The molecule has 2 N–H and O–H groups in total. The van der Waals surface area contributed by atoms with E-state index in [-0.39, 0.29) is 28.2 Å². The number of amides is 2.